The van der Waals surface area contributed by atoms with Crippen LogP contribution in [-0.4, -0.2) is 14.5 Å². The van der Waals surface area contributed by atoms with E-state index in [4.69, 9.17) is 16.9 Å². The number of aromatic nitrogens is 3. The molecule has 2 heterocycles. The lowest BCUT2D eigenvalue weighted by Crippen LogP contribution is -2.23. The summed E-state index contributed by atoms with van der Waals surface area (Å²) in [6.07, 6.45) is 2.95. The van der Waals surface area contributed by atoms with Crippen molar-refractivity contribution < 1.29 is 0 Å². The predicted octanol–water partition coefficient (Wildman–Crippen LogP) is 1.34. The highest BCUT2D eigenvalue weighted by atomic mass is 35.5. The van der Waals surface area contributed by atoms with Gasteiger partial charge in [-0.15, -0.1) is 0 Å². The molecule has 5 nitrogen and oxygen atoms in total. The highest BCUT2D eigenvalue weighted by molar-refractivity contribution is 6.35. The summed E-state index contributed by atoms with van der Waals surface area (Å²) in [7, 11) is 0. The molecule has 0 spiro atoms. The Balaban J connectivity index is 3.08. The van der Waals surface area contributed by atoms with Crippen molar-refractivity contribution >= 4 is 22.8 Å². The lowest BCUT2D eigenvalue weighted by Gasteiger charge is -2.07. The molecule has 0 aliphatic carbocycles. The lowest BCUT2D eigenvalue weighted by molar-refractivity contribution is 0.746. The standard InChI is InChI=1S/C10H7ClN4O/c1-2-15-9-8(13-3-4-14-9)7(11)6(5-12)10(15)16/h3-4H,2H2,1H3. The number of halogens is 1. The average Bonchev–Trinajstić information content (AvgIpc) is 2.30. The van der Waals surface area contributed by atoms with Gasteiger partial charge in [-0.2, -0.15) is 5.26 Å². The fraction of sp³-hybridized carbons (Fsp3) is 0.200. The zero-order chi connectivity index (χ0) is 11.7. The Morgan fingerprint density at radius 3 is 2.81 bits per heavy atom. The van der Waals surface area contributed by atoms with Gasteiger partial charge in [-0.05, 0) is 6.92 Å². The van der Waals surface area contributed by atoms with Gasteiger partial charge in [0.15, 0.2) is 5.65 Å². The minimum atomic E-state index is -0.428. The Labute approximate surface area is 95.9 Å². The minimum absolute atomic E-state index is 0.0697. The van der Waals surface area contributed by atoms with E-state index >= 15 is 0 Å². The predicted molar refractivity (Wildman–Crippen MR) is 59.2 cm³/mol. The van der Waals surface area contributed by atoms with Crippen molar-refractivity contribution in [3.8, 4) is 6.07 Å². The van der Waals surface area contributed by atoms with Gasteiger partial charge in [-0.25, -0.2) is 9.97 Å². The molecule has 6 heteroatoms. The van der Waals surface area contributed by atoms with E-state index in [1.165, 1.54) is 17.0 Å². The zero-order valence-electron chi connectivity index (χ0n) is 8.44. The van der Waals surface area contributed by atoms with Gasteiger partial charge in [0.05, 0.1) is 5.02 Å². The second-order valence-corrected chi connectivity index (χ2v) is 3.46. The normalized spacial score (nSPS) is 10.3. The molecule has 2 rings (SSSR count). The number of nitriles is 1. The number of hydrogen-bond donors (Lipinski definition) is 0. The maximum atomic E-state index is 11.9. The first-order chi connectivity index (χ1) is 7.70. The molecule has 0 atom stereocenters. The third-order valence-corrected chi connectivity index (χ3v) is 2.62. The molecule has 0 bridgehead atoms. The van der Waals surface area contributed by atoms with E-state index in [9.17, 15) is 4.79 Å². The van der Waals surface area contributed by atoms with Crippen LogP contribution in [0.1, 0.15) is 12.5 Å². The van der Waals surface area contributed by atoms with Gasteiger partial charge in [0.2, 0.25) is 0 Å². The van der Waals surface area contributed by atoms with Crippen LogP contribution in [0.15, 0.2) is 17.2 Å². The molecule has 0 N–H and O–H groups in total. The maximum absolute atomic E-state index is 11.9. The van der Waals surface area contributed by atoms with E-state index in [2.05, 4.69) is 9.97 Å². The first-order valence-corrected chi connectivity index (χ1v) is 5.01. The number of fused-ring (bicyclic) bond motifs is 1. The molecule has 80 valence electrons. The molecule has 0 aliphatic heterocycles. The summed E-state index contributed by atoms with van der Waals surface area (Å²) in [6, 6.07) is 1.80. The van der Waals surface area contributed by atoms with Crippen molar-refractivity contribution in [1.82, 2.24) is 14.5 Å². The Kier molecular flexibility index (Phi) is 2.59. The lowest BCUT2D eigenvalue weighted by atomic mass is 10.2. The average molecular weight is 235 g/mol. The number of aryl methyl sites for hydroxylation is 1. The van der Waals surface area contributed by atoms with Gasteiger partial charge in [0.1, 0.15) is 17.1 Å². The maximum Gasteiger partial charge on any atom is 0.271 e. The molecule has 0 unspecified atom stereocenters. The number of rotatable bonds is 1. The van der Waals surface area contributed by atoms with Crippen molar-refractivity contribution in [2.45, 2.75) is 13.5 Å². The molecular weight excluding hydrogens is 228 g/mol. The molecule has 0 aromatic carbocycles. The number of nitrogens with zero attached hydrogens (tertiary/aromatic N) is 4. The topological polar surface area (TPSA) is 71.6 Å². The fourth-order valence-corrected chi connectivity index (χ4v) is 1.77. The van der Waals surface area contributed by atoms with E-state index < -0.39 is 5.56 Å². The number of pyridine rings is 1. The van der Waals surface area contributed by atoms with Crippen molar-refractivity contribution in [3.05, 3.63) is 33.3 Å². The van der Waals surface area contributed by atoms with Gasteiger partial charge < -0.3 is 0 Å². The van der Waals surface area contributed by atoms with Gasteiger partial charge >= 0.3 is 0 Å². The Morgan fingerprint density at radius 2 is 2.19 bits per heavy atom. The van der Waals surface area contributed by atoms with Crippen LogP contribution in [0.2, 0.25) is 5.02 Å². The van der Waals surface area contributed by atoms with Crippen LogP contribution < -0.4 is 5.56 Å². The van der Waals surface area contributed by atoms with Gasteiger partial charge in [0, 0.05) is 18.9 Å². The number of hydrogen-bond acceptors (Lipinski definition) is 4. The summed E-state index contributed by atoms with van der Waals surface area (Å²) in [5, 5.41) is 8.95. The Hall–Kier alpha value is -1.93. The zero-order valence-corrected chi connectivity index (χ0v) is 9.19. The molecule has 16 heavy (non-hydrogen) atoms. The van der Waals surface area contributed by atoms with Gasteiger partial charge in [0.25, 0.3) is 5.56 Å². The molecule has 0 aliphatic rings. The summed E-state index contributed by atoms with van der Waals surface area (Å²) in [5.41, 5.74) is 0.265. The molecular formula is C10H7ClN4O. The third kappa shape index (κ3) is 1.35. The molecule has 2 aromatic heterocycles. The van der Waals surface area contributed by atoms with Crippen molar-refractivity contribution in [2.75, 3.05) is 0 Å². The minimum Gasteiger partial charge on any atom is -0.290 e. The molecule has 0 fully saturated rings. The monoisotopic (exact) mass is 234 g/mol. The molecule has 2 aromatic rings. The van der Waals surface area contributed by atoms with Crippen molar-refractivity contribution in [3.63, 3.8) is 0 Å². The van der Waals surface area contributed by atoms with E-state index in [-0.39, 0.29) is 10.6 Å². The van der Waals surface area contributed by atoms with Crippen LogP contribution in [0.3, 0.4) is 0 Å². The second kappa shape index (κ2) is 3.91. The van der Waals surface area contributed by atoms with Crippen LogP contribution in [-0.2, 0) is 6.54 Å². The highest BCUT2D eigenvalue weighted by Gasteiger charge is 2.15. The summed E-state index contributed by atoms with van der Waals surface area (Å²) < 4.78 is 1.38. The van der Waals surface area contributed by atoms with E-state index in [0.717, 1.165) is 0 Å². The molecule has 0 saturated carbocycles. The highest BCUT2D eigenvalue weighted by Crippen LogP contribution is 2.20. The summed E-state index contributed by atoms with van der Waals surface area (Å²) in [6.45, 7) is 2.21. The van der Waals surface area contributed by atoms with Crippen LogP contribution in [0.4, 0.5) is 0 Å². The molecule has 0 amide bonds. The van der Waals surface area contributed by atoms with Crippen molar-refractivity contribution in [1.29, 1.82) is 5.26 Å². The smallest absolute Gasteiger partial charge is 0.271 e. The van der Waals surface area contributed by atoms with Crippen LogP contribution >= 0.6 is 11.6 Å². The second-order valence-electron chi connectivity index (χ2n) is 3.08. The van der Waals surface area contributed by atoms with Crippen molar-refractivity contribution in [2.24, 2.45) is 0 Å². The SMILES string of the molecule is CCn1c(=O)c(C#N)c(Cl)c2nccnc21. The third-order valence-electron chi connectivity index (χ3n) is 2.25. The van der Waals surface area contributed by atoms with E-state index in [1.807, 2.05) is 0 Å². The summed E-state index contributed by atoms with van der Waals surface area (Å²) >= 11 is 5.94. The Morgan fingerprint density at radius 1 is 1.50 bits per heavy atom. The van der Waals surface area contributed by atoms with Crippen LogP contribution in [0.25, 0.3) is 11.2 Å². The summed E-state index contributed by atoms with van der Waals surface area (Å²) in [4.78, 5) is 19.9. The largest absolute Gasteiger partial charge is 0.290 e. The van der Waals surface area contributed by atoms with E-state index in [0.29, 0.717) is 17.7 Å². The van der Waals surface area contributed by atoms with Crippen LogP contribution in [0.5, 0.6) is 0 Å². The van der Waals surface area contributed by atoms with Gasteiger partial charge in [-0.1, -0.05) is 11.6 Å². The van der Waals surface area contributed by atoms with Gasteiger partial charge in [-0.3, -0.25) is 9.36 Å². The van der Waals surface area contributed by atoms with Crippen LogP contribution in [0, 0.1) is 11.3 Å². The summed E-state index contributed by atoms with van der Waals surface area (Å²) in [5.74, 6) is 0. The first kappa shape index (κ1) is 10.6. The quantitative estimate of drug-likeness (QED) is 0.746. The Bertz CT molecular complexity index is 656. The van der Waals surface area contributed by atoms with E-state index in [1.54, 1.807) is 13.0 Å². The first-order valence-electron chi connectivity index (χ1n) is 4.63. The molecule has 0 radical (unpaired) electrons. The fourth-order valence-electron chi connectivity index (χ4n) is 1.52. The molecule has 0 saturated heterocycles.